The lowest BCUT2D eigenvalue weighted by molar-refractivity contribution is -0.140. The van der Waals surface area contributed by atoms with E-state index in [1.54, 1.807) is 30.3 Å². The molecule has 0 saturated heterocycles. The van der Waals surface area contributed by atoms with Crippen LogP contribution in [-0.4, -0.2) is 50.0 Å². The summed E-state index contributed by atoms with van der Waals surface area (Å²) in [5.41, 5.74) is 1.92. The maximum Gasteiger partial charge on any atom is 0.244 e. The second-order valence-corrected chi connectivity index (χ2v) is 12.2. The molecular formula is C27H37Cl2N3O4S. The quantitative estimate of drug-likeness (QED) is 0.360. The van der Waals surface area contributed by atoms with E-state index in [9.17, 15) is 18.0 Å². The van der Waals surface area contributed by atoms with Gasteiger partial charge in [-0.1, -0.05) is 75.2 Å². The molecule has 0 unspecified atom stereocenters. The molecule has 2 rings (SSSR count). The van der Waals surface area contributed by atoms with Crippen LogP contribution < -0.4 is 9.62 Å². The highest BCUT2D eigenvalue weighted by molar-refractivity contribution is 7.92. The lowest BCUT2D eigenvalue weighted by Crippen LogP contribution is -2.53. The van der Waals surface area contributed by atoms with Gasteiger partial charge in [0.05, 0.1) is 22.0 Å². The summed E-state index contributed by atoms with van der Waals surface area (Å²) >= 11 is 12.3. The Morgan fingerprint density at radius 1 is 0.973 bits per heavy atom. The molecule has 0 bridgehead atoms. The van der Waals surface area contributed by atoms with Crippen LogP contribution in [-0.2, 0) is 26.2 Å². The van der Waals surface area contributed by atoms with Crippen molar-refractivity contribution >= 4 is 50.7 Å². The van der Waals surface area contributed by atoms with E-state index in [1.807, 2.05) is 46.8 Å². The fourth-order valence-corrected chi connectivity index (χ4v) is 5.18. The Morgan fingerprint density at radius 3 is 2.16 bits per heavy atom. The van der Waals surface area contributed by atoms with E-state index in [-0.39, 0.29) is 24.4 Å². The minimum atomic E-state index is -3.82. The minimum absolute atomic E-state index is 0.0348. The topological polar surface area (TPSA) is 86.8 Å². The van der Waals surface area contributed by atoms with Gasteiger partial charge in [-0.2, -0.15) is 0 Å². The van der Waals surface area contributed by atoms with Crippen molar-refractivity contribution in [2.24, 2.45) is 0 Å². The first-order valence-corrected chi connectivity index (χ1v) is 15.0. The number of benzene rings is 2. The molecule has 204 valence electrons. The second-order valence-electron chi connectivity index (χ2n) is 9.50. The SMILES string of the molecule is CC[C@@H](C)NC(=O)[C@@H](CC)N(Cc1ccc(Cl)c(Cl)c1)C(=O)CN(c1ccccc1C(C)C)S(C)(=O)=O. The fourth-order valence-electron chi connectivity index (χ4n) is 3.99. The maximum atomic E-state index is 13.9. The van der Waals surface area contributed by atoms with Gasteiger partial charge in [-0.25, -0.2) is 8.42 Å². The van der Waals surface area contributed by atoms with E-state index in [1.165, 1.54) is 4.90 Å². The van der Waals surface area contributed by atoms with Crippen molar-refractivity contribution in [2.45, 2.75) is 72.0 Å². The van der Waals surface area contributed by atoms with Crippen molar-refractivity contribution in [1.29, 1.82) is 0 Å². The fraction of sp³-hybridized carbons (Fsp3) is 0.481. The first-order valence-electron chi connectivity index (χ1n) is 12.4. The van der Waals surface area contributed by atoms with Gasteiger partial charge < -0.3 is 10.2 Å². The van der Waals surface area contributed by atoms with Gasteiger partial charge in [-0.3, -0.25) is 13.9 Å². The molecule has 7 nitrogen and oxygen atoms in total. The number of carbonyl (C=O) groups is 2. The zero-order valence-electron chi connectivity index (χ0n) is 22.3. The molecule has 2 aromatic rings. The highest BCUT2D eigenvalue weighted by Crippen LogP contribution is 2.30. The zero-order valence-corrected chi connectivity index (χ0v) is 24.6. The largest absolute Gasteiger partial charge is 0.352 e. The van der Waals surface area contributed by atoms with Gasteiger partial charge in [-0.05, 0) is 55.0 Å². The van der Waals surface area contributed by atoms with Crippen molar-refractivity contribution in [3.8, 4) is 0 Å². The lowest BCUT2D eigenvalue weighted by atomic mass is 10.0. The normalized spacial score (nSPS) is 13.2. The molecule has 0 saturated carbocycles. The Balaban J connectivity index is 2.53. The third-order valence-corrected chi connectivity index (χ3v) is 8.10. The molecule has 0 aliphatic heterocycles. The maximum absolute atomic E-state index is 13.9. The van der Waals surface area contributed by atoms with Gasteiger partial charge in [0.15, 0.2) is 0 Å². The predicted molar refractivity (Wildman–Crippen MR) is 152 cm³/mol. The third-order valence-electron chi connectivity index (χ3n) is 6.23. The van der Waals surface area contributed by atoms with E-state index in [4.69, 9.17) is 23.2 Å². The number of halogens is 2. The number of hydrogen-bond donors (Lipinski definition) is 1. The Kier molecular flexibility index (Phi) is 11.3. The number of para-hydroxylation sites is 1. The summed E-state index contributed by atoms with van der Waals surface area (Å²) in [5, 5.41) is 3.65. The average molecular weight is 571 g/mol. The number of rotatable bonds is 12. The van der Waals surface area contributed by atoms with Gasteiger partial charge in [0.2, 0.25) is 21.8 Å². The van der Waals surface area contributed by atoms with Gasteiger partial charge in [-0.15, -0.1) is 0 Å². The molecule has 0 heterocycles. The Hall–Kier alpha value is -2.29. The van der Waals surface area contributed by atoms with Crippen molar-refractivity contribution < 1.29 is 18.0 Å². The summed E-state index contributed by atoms with van der Waals surface area (Å²) in [6.07, 6.45) is 2.15. The minimum Gasteiger partial charge on any atom is -0.352 e. The van der Waals surface area contributed by atoms with Crippen LogP contribution in [0.15, 0.2) is 42.5 Å². The van der Waals surface area contributed by atoms with Gasteiger partial charge >= 0.3 is 0 Å². The Morgan fingerprint density at radius 2 is 1.62 bits per heavy atom. The number of sulfonamides is 1. The molecule has 0 spiro atoms. The zero-order chi connectivity index (χ0) is 27.9. The first-order chi connectivity index (χ1) is 17.3. The number of hydrogen-bond acceptors (Lipinski definition) is 4. The summed E-state index contributed by atoms with van der Waals surface area (Å²) in [5.74, 6) is -0.757. The summed E-state index contributed by atoms with van der Waals surface area (Å²) in [6, 6.07) is 11.2. The molecule has 37 heavy (non-hydrogen) atoms. The number of nitrogens with zero attached hydrogens (tertiary/aromatic N) is 2. The van der Waals surface area contributed by atoms with Crippen LogP contribution in [0.5, 0.6) is 0 Å². The highest BCUT2D eigenvalue weighted by atomic mass is 35.5. The van der Waals surface area contributed by atoms with Crippen molar-refractivity contribution in [3.63, 3.8) is 0 Å². The average Bonchev–Trinajstić information content (AvgIpc) is 2.83. The number of anilines is 1. The van der Waals surface area contributed by atoms with Crippen LogP contribution in [0.1, 0.15) is 64.5 Å². The molecule has 2 aromatic carbocycles. The summed E-state index contributed by atoms with van der Waals surface area (Å²) < 4.78 is 26.9. The van der Waals surface area contributed by atoms with Crippen molar-refractivity contribution in [3.05, 3.63) is 63.6 Å². The van der Waals surface area contributed by atoms with Gasteiger partial charge in [0, 0.05) is 12.6 Å². The summed E-state index contributed by atoms with van der Waals surface area (Å²) in [6.45, 7) is 9.21. The van der Waals surface area contributed by atoms with Crippen LogP contribution in [0, 0.1) is 0 Å². The third kappa shape index (κ3) is 8.35. The molecule has 1 N–H and O–H groups in total. The highest BCUT2D eigenvalue weighted by Gasteiger charge is 2.33. The lowest BCUT2D eigenvalue weighted by Gasteiger charge is -2.34. The Bertz CT molecular complexity index is 1200. The molecule has 10 heteroatoms. The second kappa shape index (κ2) is 13.5. The van der Waals surface area contributed by atoms with Crippen LogP contribution in [0.4, 0.5) is 5.69 Å². The number of carbonyl (C=O) groups excluding carboxylic acids is 2. The predicted octanol–water partition coefficient (Wildman–Crippen LogP) is 5.60. The van der Waals surface area contributed by atoms with E-state index in [0.29, 0.717) is 27.7 Å². The summed E-state index contributed by atoms with van der Waals surface area (Å²) in [7, 11) is -3.82. The Labute approximate surface area is 231 Å². The molecule has 0 aliphatic carbocycles. The molecule has 0 aliphatic rings. The molecular weight excluding hydrogens is 533 g/mol. The molecule has 2 amide bonds. The van der Waals surface area contributed by atoms with E-state index >= 15 is 0 Å². The van der Waals surface area contributed by atoms with E-state index in [0.717, 1.165) is 22.5 Å². The number of amides is 2. The molecule has 2 atom stereocenters. The van der Waals surface area contributed by atoms with Gasteiger partial charge in [0.25, 0.3) is 0 Å². The van der Waals surface area contributed by atoms with Crippen LogP contribution in [0.2, 0.25) is 10.0 Å². The van der Waals surface area contributed by atoms with Crippen molar-refractivity contribution in [2.75, 3.05) is 17.1 Å². The standard InChI is InChI=1S/C27H37Cl2N3O4S/c1-7-19(5)30-27(34)24(8-2)31(16-20-13-14-22(28)23(29)15-20)26(33)17-32(37(6,35)36)25-12-10-9-11-21(25)18(3)4/h9-15,18-19,24H,7-8,16-17H2,1-6H3,(H,30,34)/t19-,24-/m1/s1. The van der Waals surface area contributed by atoms with Crippen molar-refractivity contribution in [1.82, 2.24) is 10.2 Å². The smallest absolute Gasteiger partial charge is 0.244 e. The molecule has 0 fully saturated rings. The first kappa shape index (κ1) is 30.9. The monoisotopic (exact) mass is 569 g/mol. The number of nitrogens with one attached hydrogen (secondary N) is 1. The van der Waals surface area contributed by atoms with Crippen LogP contribution in [0.3, 0.4) is 0 Å². The van der Waals surface area contributed by atoms with Crippen LogP contribution >= 0.6 is 23.2 Å². The molecule has 0 radical (unpaired) electrons. The summed E-state index contributed by atoms with van der Waals surface area (Å²) in [4.78, 5) is 28.5. The van der Waals surface area contributed by atoms with E-state index in [2.05, 4.69) is 5.32 Å². The van der Waals surface area contributed by atoms with Gasteiger partial charge in [0.1, 0.15) is 12.6 Å². The molecule has 0 aromatic heterocycles. The van der Waals surface area contributed by atoms with Crippen LogP contribution in [0.25, 0.3) is 0 Å². The van der Waals surface area contributed by atoms with E-state index < -0.39 is 28.5 Å².